The zero-order valence-electron chi connectivity index (χ0n) is 18.0. The Bertz CT molecular complexity index is 1060. The highest BCUT2D eigenvalue weighted by Gasteiger charge is 2.23. The van der Waals surface area contributed by atoms with Crippen LogP contribution in [0.1, 0.15) is 31.1 Å². The van der Waals surface area contributed by atoms with Crippen molar-refractivity contribution in [1.29, 1.82) is 0 Å². The van der Waals surface area contributed by atoms with E-state index in [0.29, 0.717) is 11.4 Å². The second-order valence-corrected chi connectivity index (χ2v) is 10.00. The molecule has 0 unspecified atom stereocenters. The molecule has 0 aliphatic carbocycles. The summed E-state index contributed by atoms with van der Waals surface area (Å²) in [6.07, 6.45) is 0. The third-order valence-corrected chi connectivity index (χ3v) is 5.91. The van der Waals surface area contributed by atoms with Crippen LogP contribution < -0.4 is 14.8 Å². The number of nitrogens with one attached hydrogen (secondary N) is 2. The molecule has 31 heavy (non-hydrogen) atoms. The number of halogens is 1. The lowest BCUT2D eigenvalue weighted by molar-refractivity contribution is -0.122. The van der Waals surface area contributed by atoms with Crippen LogP contribution in [0.4, 0.5) is 5.69 Å². The van der Waals surface area contributed by atoms with Gasteiger partial charge in [-0.1, -0.05) is 11.6 Å². The van der Waals surface area contributed by atoms with Crippen LogP contribution in [0.2, 0.25) is 5.02 Å². The molecule has 0 atom stereocenters. The summed E-state index contributed by atoms with van der Waals surface area (Å²) in [4.78, 5) is 25.8. The third kappa shape index (κ3) is 6.86. The van der Waals surface area contributed by atoms with Gasteiger partial charge in [-0.2, -0.15) is 0 Å². The molecular weight excluding hydrogens is 442 g/mol. The van der Waals surface area contributed by atoms with Crippen LogP contribution >= 0.6 is 11.6 Å². The molecule has 0 saturated heterocycles. The fraction of sp³-hybridized carbons (Fsp3) is 0.333. The Morgan fingerprint density at radius 3 is 2.26 bits per heavy atom. The monoisotopic (exact) mass is 467 g/mol. The van der Waals surface area contributed by atoms with Crippen molar-refractivity contribution in [1.82, 2.24) is 10.2 Å². The van der Waals surface area contributed by atoms with E-state index in [9.17, 15) is 18.0 Å². The van der Waals surface area contributed by atoms with Crippen molar-refractivity contribution >= 4 is 39.1 Å². The third-order valence-electron chi connectivity index (χ3n) is 4.05. The van der Waals surface area contributed by atoms with E-state index in [-0.39, 0.29) is 27.9 Å². The Morgan fingerprint density at radius 2 is 1.71 bits per heavy atom. The number of carbonyl (C=O) groups is 2. The van der Waals surface area contributed by atoms with Crippen molar-refractivity contribution in [2.45, 2.75) is 31.2 Å². The Balaban J connectivity index is 2.23. The van der Waals surface area contributed by atoms with E-state index in [1.807, 2.05) is 20.8 Å². The maximum Gasteiger partial charge on any atom is 0.263 e. The summed E-state index contributed by atoms with van der Waals surface area (Å²) in [5, 5.41) is 2.73. The second kappa shape index (κ2) is 9.57. The van der Waals surface area contributed by atoms with E-state index in [1.165, 1.54) is 37.3 Å². The van der Waals surface area contributed by atoms with Crippen molar-refractivity contribution in [3.63, 3.8) is 0 Å². The first-order valence-corrected chi connectivity index (χ1v) is 11.2. The number of ether oxygens (including phenoxy) is 1. The zero-order chi connectivity index (χ0) is 23.4. The number of hydrogen-bond donors (Lipinski definition) is 2. The highest BCUT2D eigenvalue weighted by molar-refractivity contribution is 7.92. The number of nitrogens with zero attached hydrogens (tertiary/aromatic N) is 1. The average Bonchev–Trinajstić information content (AvgIpc) is 2.66. The largest absolute Gasteiger partial charge is 0.497 e. The van der Waals surface area contributed by atoms with Crippen molar-refractivity contribution in [3.8, 4) is 5.75 Å². The molecule has 0 fully saturated rings. The molecule has 0 radical (unpaired) electrons. The molecule has 2 N–H and O–H groups in total. The van der Waals surface area contributed by atoms with Crippen molar-refractivity contribution in [3.05, 3.63) is 53.1 Å². The molecule has 8 nitrogen and oxygen atoms in total. The average molecular weight is 468 g/mol. The zero-order valence-corrected chi connectivity index (χ0v) is 19.6. The fourth-order valence-corrected chi connectivity index (χ4v) is 4.26. The number of sulfonamides is 1. The van der Waals surface area contributed by atoms with E-state index in [2.05, 4.69) is 10.0 Å². The van der Waals surface area contributed by atoms with Crippen molar-refractivity contribution < 1.29 is 22.7 Å². The fourth-order valence-electron chi connectivity index (χ4n) is 2.68. The van der Waals surface area contributed by atoms with Gasteiger partial charge in [-0.25, -0.2) is 8.42 Å². The number of hydrogen-bond acceptors (Lipinski definition) is 5. The van der Waals surface area contributed by atoms with Gasteiger partial charge < -0.3 is 15.0 Å². The second-order valence-electron chi connectivity index (χ2n) is 7.94. The Morgan fingerprint density at radius 1 is 1.10 bits per heavy atom. The van der Waals surface area contributed by atoms with Gasteiger partial charge in [-0.05, 0) is 63.2 Å². The maximum absolute atomic E-state index is 12.8. The van der Waals surface area contributed by atoms with Gasteiger partial charge in [0.2, 0.25) is 5.91 Å². The van der Waals surface area contributed by atoms with Gasteiger partial charge in [0, 0.05) is 23.8 Å². The summed E-state index contributed by atoms with van der Waals surface area (Å²) in [6, 6.07) is 10.2. The smallest absolute Gasteiger partial charge is 0.263 e. The standard InChI is InChI=1S/C21H26ClN3O5S/c1-21(2,3)23-19(26)13-25(4)20(27)14-6-11-17(22)18(12-14)31(28,29)24-15-7-9-16(30-5)10-8-15/h6-12,24H,13H2,1-5H3,(H,23,26). The Labute approximate surface area is 187 Å². The lowest BCUT2D eigenvalue weighted by Gasteiger charge is -2.23. The van der Waals surface area contributed by atoms with Gasteiger partial charge in [0.1, 0.15) is 10.6 Å². The predicted octanol–water partition coefficient (Wildman–Crippen LogP) is 3.14. The number of amides is 2. The number of anilines is 1. The lowest BCUT2D eigenvalue weighted by atomic mass is 10.1. The van der Waals surface area contributed by atoms with Gasteiger partial charge in [-0.3, -0.25) is 14.3 Å². The SMILES string of the molecule is COc1ccc(NS(=O)(=O)c2cc(C(=O)N(C)CC(=O)NC(C)(C)C)ccc2Cl)cc1. The summed E-state index contributed by atoms with van der Waals surface area (Å²) in [5.74, 6) is -0.264. The van der Waals surface area contributed by atoms with E-state index >= 15 is 0 Å². The van der Waals surface area contributed by atoms with Crippen molar-refractivity contribution in [2.75, 3.05) is 25.4 Å². The number of benzene rings is 2. The van der Waals surface area contributed by atoms with E-state index < -0.39 is 21.5 Å². The molecule has 168 valence electrons. The molecule has 0 spiro atoms. The minimum absolute atomic E-state index is 0.0364. The number of methoxy groups -OCH3 is 1. The Kier molecular flexibility index (Phi) is 7.56. The normalized spacial score (nSPS) is 11.5. The number of rotatable bonds is 7. The summed E-state index contributed by atoms with van der Waals surface area (Å²) >= 11 is 6.11. The topological polar surface area (TPSA) is 105 Å². The van der Waals surface area contributed by atoms with Gasteiger partial charge in [0.15, 0.2) is 0 Å². The molecule has 0 aliphatic heterocycles. The van der Waals surface area contributed by atoms with E-state index in [4.69, 9.17) is 16.3 Å². The first-order chi connectivity index (χ1) is 14.3. The summed E-state index contributed by atoms with van der Waals surface area (Å²) < 4.78 is 33.2. The molecule has 0 aromatic heterocycles. The number of likely N-dealkylation sites (N-methyl/N-ethyl adjacent to an activating group) is 1. The first kappa shape index (κ1) is 24.5. The molecule has 2 rings (SSSR count). The Hall–Kier alpha value is -2.78. The van der Waals surface area contributed by atoms with Crippen LogP contribution in [0.5, 0.6) is 5.75 Å². The first-order valence-electron chi connectivity index (χ1n) is 9.35. The molecule has 0 bridgehead atoms. The van der Waals surface area contributed by atoms with Gasteiger partial charge in [-0.15, -0.1) is 0 Å². The van der Waals surface area contributed by atoms with Gasteiger partial charge in [0.25, 0.3) is 15.9 Å². The number of carbonyl (C=O) groups excluding carboxylic acids is 2. The highest BCUT2D eigenvalue weighted by atomic mass is 35.5. The molecule has 2 aromatic carbocycles. The maximum atomic E-state index is 12.8. The van der Waals surface area contributed by atoms with Crippen LogP contribution in [0, 0.1) is 0 Å². The molecule has 10 heteroatoms. The van der Waals surface area contributed by atoms with Crippen LogP contribution in [-0.2, 0) is 14.8 Å². The molecule has 2 aromatic rings. The minimum Gasteiger partial charge on any atom is -0.497 e. The summed E-state index contributed by atoms with van der Waals surface area (Å²) in [5.41, 5.74) is -0.0366. The van der Waals surface area contributed by atoms with E-state index in [1.54, 1.807) is 24.3 Å². The van der Waals surface area contributed by atoms with Crippen LogP contribution in [0.25, 0.3) is 0 Å². The van der Waals surface area contributed by atoms with Crippen LogP contribution in [-0.4, -0.2) is 51.4 Å². The molecule has 0 aliphatic rings. The highest BCUT2D eigenvalue weighted by Crippen LogP contribution is 2.26. The van der Waals surface area contributed by atoms with Gasteiger partial charge >= 0.3 is 0 Å². The summed E-state index contributed by atoms with van der Waals surface area (Å²) in [7, 11) is -1.10. The van der Waals surface area contributed by atoms with E-state index in [0.717, 1.165) is 0 Å². The predicted molar refractivity (Wildman–Crippen MR) is 120 cm³/mol. The van der Waals surface area contributed by atoms with Crippen LogP contribution in [0.3, 0.4) is 0 Å². The minimum atomic E-state index is -4.07. The lowest BCUT2D eigenvalue weighted by Crippen LogP contribution is -2.46. The molecular formula is C21H26ClN3O5S. The van der Waals surface area contributed by atoms with Crippen LogP contribution in [0.15, 0.2) is 47.4 Å². The molecule has 0 saturated carbocycles. The molecule has 2 amide bonds. The van der Waals surface area contributed by atoms with Gasteiger partial charge in [0.05, 0.1) is 18.7 Å². The molecule has 0 heterocycles. The quantitative estimate of drug-likeness (QED) is 0.650. The summed E-state index contributed by atoms with van der Waals surface area (Å²) in [6.45, 7) is 5.32. The van der Waals surface area contributed by atoms with Crippen molar-refractivity contribution in [2.24, 2.45) is 0 Å².